The summed E-state index contributed by atoms with van der Waals surface area (Å²) in [5, 5.41) is 3.44. The number of likely N-dealkylation sites (tertiary alicyclic amines) is 1. The number of amides is 1. The van der Waals surface area contributed by atoms with E-state index in [1.165, 1.54) is 0 Å². The lowest BCUT2D eigenvalue weighted by Gasteiger charge is -2.35. The van der Waals surface area contributed by atoms with E-state index in [1.807, 2.05) is 24.3 Å². The van der Waals surface area contributed by atoms with Gasteiger partial charge in [-0.1, -0.05) is 15.9 Å². The fourth-order valence-electron chi connectivity index (χ4n) is 3.51. The minimum absolute atomic E-state index is 0.0572. The quantitative estimate of drug-likeness (QED) is 0.861. The monoisotopic (exact) mass is 322 g/mol. The number of hydrogen-bond donors (Lipinski definition) is 1. The molecule has 0 radical (unpaired) electrons. The van der Waals surface area contributed by atoms with Crippen molar-refractivity contribution in [2.24, 2.45) is 11.8 Å². The summed E-state index contributed by atoms with van der Waals surface area (Å²) < 4.78 is 1.01. The maximum atomic E-state index is 12.7. The Morgan fingerprint density at radius 3 is 2.63 bits per heavy atom. The molecule has 3 rings (SSSR count). The first-order chi connectivity index (χ1) is 9.00. The Morgan fingerprint density at radius 1 is 1.32 bits per heavy atom. The van der Waals surface area contributed by atoms with Crippen LogP contribution >= 0.6 is 15.9 Å². The van der Waals surface area contributed by atoms with Gasteiger partial charge in [0.25, 0.3) is 5.91 Å². The zero-order valence-electron chi connectivity index (χ0n) is 11.3. The van der Waals surface area contributed by atoms with Crippen molar-refractivity contribution in [1.29, 1.82) is 0 Å². The summed E-state index contributed by atoms with van der Waals surface area (Å²) >= 11 is 3.41. The number of nitrogens with zero attached hydrogens (tertiary/aromatic N) is 1. The number of rotatable bonds is 1. The minimum atomic E-state index is -0.0572. The Hall–Kier alpha value is -0.870. The molecule has 2 aliphatic rings. The summed E-state index contributed by atoms with van der Waals surface area (Å²) in [5.74, 6) is 1.34. The second kappa shape index (κ2) is 4.60. The predicted molar refractivity (Wildman–Crippen MR) is 79.1 cm³/mol. The molecule has 1 N–H and O–H groups in total. The lowest BCUT2D eigenvalue weighted by molar-refractivity contribution is 0.0603. The van der Waals surface area contributed by atoms with Gasteiger partial charge in [-0.05, 0) is 49.9 Å². The van der Waals surface area contributed by atoms with Crippen LogP contribution in [0.15, 0.2) is 28.7 Å². The van der Waals surface area contributed by atoms with Gasteiger partial charge in [0.2, 0.25) is 0 Å². The smallest absolute Gasteiger partial charge is 0.254 e. The van der Waals surface area contributed by atoms with Crippen molar-refractivity contribution < 1.29 is 4.79 Å². The van der Waals surface area contributed by atoms with E-state index in [4.69, 9.17) is 0 Å². The molecule has 1 amide bonds. The molecule has 1 aromatic carbocycles. The lowest BCUT2D eigenvalue weighted by atomic mass is 9.84. The second-order valence-corrected chi connectivity index (χ2v) is 7.02. The fraction of sp³-hybridized carbons (Fsp3) is 0.533. The normalized spacial score (nSPS) is 28.5. The summed E-state index contributed by atoms with van der Waals surface area (Å²) in [5.41, 5.74) is 0.724. The summed E-state index contributed by atoms with van der Waals surface area (Å²) in [7, 11) is 0. The van der Waals surface area contributed by atoms with Gasteiger partial charge < -0.3 is 10.2 Å². The summed E-state index contributed by atoms with van der Waals surface area (Å²) in [6, 6.07) is 7.65. The highest BCUT2D eigenvalue weighted by atomic mass is 79.9. The molecule has 0 saturated carbocycles. The van der Waals surface area contributed by atoms with Gasteiger partial charge in [-0.3, -0.25) is 4.79 Å². The molecule has 0 spiro atoms. The van der Waals surface area contributed by atoms with Gasteiger partial charge in [-0.2, -0.15) is 0 Å². The van der Waals surface area contributed by atoms with Crippen LogP contribution in [0.1, 0.15) is 24.2 Å². The van der Waals surface area contributed by atoms with Crippen LogP contribution in [-0.2, 0) is 0 Å². The Morgan fingerprint density at radius 2 is 2.00 bits per heavy atom. The van der Waals surface area contributed by atoms with E-state index in [0.29, 0.717) is 11.8 Å². The first kappa shape index (κ1) is 13.1. The van der Waals surface area contributed by atoms with Gasteiger partial charge >= 0.3 is 0 Å². The van der Waals surface area contributed by atoms with Gasteiger partial charge in [-0.15, -0.1) is 0 Å². The number of hydrogen-bond acceptors (Lipinski definition) is 2. The van der Waals surface area contributed by atoms with Crippen LogP contribution in [-0.4, -0.2) is 36.0 Å². The van der Waals surface area contributed by atoms with Crippen molar-refractivity contribution in [3.8, 4) is 0 Å². The van der Waals surface area contributed by atoms with Crippen molar-refractivity contribution in [2.45, 2.75) is 19.4 Å². The minimum Gasteiger partial charge on any atom is -0.333 e. The molecular formula is C15H19BrN2O. The molecular weight excluding hydrogens is 304 g/mol. The third kappa shape index (κ3) is 2.11. The molecule has 2 aliphatic heterocycles. The van der Waals surface area contributed by atoms with Gasteiger partial charge in [0.1, 0.15) is 0 Å². The Bertz CT molecular complexity index is 497. The van der Waals surface area contributed by atoms with Gasteiger partial charge in [-0.25, -0.2) is 0 Å². The van der Waals surface area contributed by atoms with Crippen molar-refractivity contribution in [2.75, 3.05) is 19.6 Å². The van der Waals surface area contributed by atoms with Crippen LogP contribution in [0.3, 0.4) is 0 Å². The lowest BCUT2D eigenvalue weighted by Crippen LogP contribution is -2.47. The molecule has 2 saturated heterocycles. The molecule has 2 atom stereocenters. The molecule has 4 heteroatoms. The molecule has 3 nitrogen and oxygen atoms in total. The van der Waals surface area contributed by atoms with Crippen LogP contribution in [0.4, 0.5) is 0 Å². The van der Waals surface area contributed by atoms with Crippen LogP contribution in [0.5, 0.6) is 0 Å². The zero-order chi connectivity index (χ0) is 13.6. The van der Waals surface area contributed by atoms with E-state index >= 15 is 0 Å². The number of carbonyl (C=O) groups excluding carboxylic acids is 1. The zero-order valence-corrected chi connectivity index (χ0v) is 12.9. The fourth-order valence-corrected chi connectivity index (χ4v) is 3.78. The third-order valence-corrected chi connectivity index (χ3v) is 5.22. The number of benzene rings is 1. The highest BCUT2D eigenvalue weighted by Gasteiger charge is 2.51. The Balaban J connectivity index is 1.86. The third-order valence-electron chi connectivity index (χ3n) is 4.70. The van der Waals surface area contributed by atoms with Crippen molar-refractivity contribution in [3.63, 3.8) is 0 Å². The van der Waals surface area contributed by atoms with E-state index in [9.17, 15) is 4.79 Å². The molecule has 2 fully saturated rings. The molecule has 0 bridgehead atoms. The first-order valence-corrected chi connectivity index (χ1v) is 7.57. The van der Waals surface area contributed by atoms with Crippen molar-refractivity contribution in [3.05, 3.63) is 34.3 Å². The number of nitrogens with one attached hydrogen (secondary N) is 1. The molecule has 19 heavy (non-hydrogen) atoms. The summed E-state index contributed by atoms with van der Waals surface area (Å²) in [6.45, 7) is 7.34. The molecule has 2 heterocycles. The van der Waals surface area contributed by atoms with Crippen LogP contribution < -0.4 is 5.32 Å². The maximum absolute atomic E-state index is 12.7. The first-order valence-electron chi connectivity index (χ1n) is 6.78. The van der Waals surface area contributed by atoms with Crippen molar-refractivity contribution >= 4 is 21.8 Å². The van der Waals surface area contributed by atoms with Crippen LogP contribution in [0, 0.1) is 11.8 Å². The molecule has 2 unspecified atom stereocenters. The van der Waals surface area contributed by atoms with Gasteiger partial charge in [0, 0.05) is 35.2 Å². The predicted octanol–water partition coefficient (Wildman–Crippen LogP) is 2.52. The largest absolute Gasteiger partial charge is 0.333 e. The van der Waals surface area contributed by atoms with E-state index in [0.717, 1.165) is 29.7 Å². The van der Waals surface area contributed by atoms with Crippen LogP contribution in [0.25, 0.3) is 0 Å². The van der Waals surface area contributed by atoms with E-state index in [-0.39, 0.29) is 11.4 Å². The molecule has 0 aromatic heterocycles. The second-order valence-electron chi connectivity index (χ2n) is 6.10. The highest BCUT2D eigenvalue weighted by Crippen LogP contribution is 2.41. The average molecular weight is 323 g/mol. The standard InChI is InChI=1S/C15H19BrN2O/c1-15(2)13-8-17-7-11(13)9-18(15)14(19)10-3-5-12(16)6-4-10/h3-6,11,13,17H,7-9H2,1-2H3. The molecule has 102 valence electrons. The molecule has 0 aliphatic carbocycles. The summed E-state index contributed by atoms with van der Waals surface area (Å²) in [6.07, 6.45) is 0. The van der Waals surface area contributed by atoms with E-state index in [1.54, 1.807) is 0 Å². The Kier molecular flexibility index (Phi) is 3.18. The average Bonchev–Trinajstić information content (AvgIpc) is 2.92. The summed E-state index contributed by atoms with van der Waals surface area (Å²) in [4.78, 5) is 14.8. The highest BCUT2D eigenvalue weighted by molar-refractivity contribution is 9.10. The van der Waals surface area contributed by atoms with Crippen LogP contribution in [0.2, 0.25) is 0 Å². The Labute approximate surface area is 122 Å². The number of halogens is 1. The van der Waals surface area contributed by atoms with Gasteiger partial charge in [0.05, 0.1) is 0 Å². The SMILES string of the molecule is CC1(C)C2CNCC2CN1C(=O)c1ccc(Br)cc1. The number of carbonyl (C=O) groups is 1. The maximum Gasteiger partial charge on any atom is 0.254 e. The van der Waals surface area contributed by atoms with Gasteiger partial charge in [0.15, 0.2) is 0 Å². The van der Waals surface area contributed by atoms with Crippen molar-refractivity contribution in [1.82, 2.24) is 10.2 Å². The topological polar surface area (TPSA) is 32.3 Å². The number of fused-ring (bicyclic) bond motifs is 1. The van der Waals surface area contributed by atoms with E-state index < -0.39 is 0 Å². The van der Waals surface area contributed by atoms with E-state index in [2.05, 4.69) is 40.0 Å². The molecule has 1 aromatic rings.